The summed E-state index contributed by atoms with van der Waals surface area (Å²) in [4.78, 5) is 4.12. The van der Waals surface area contributed by atoms with Gasteiger partial charge < -0.3 is 19.5 Å². The molecule has 0 unspecified atom stereocenters. The van der Waals surface area contributed by atoms with Crippen molar-refractivity contribution in [3.8, 4) is 17.4 Å². The number of hydrogen-bond acceptors (Lipinski definition) is 5. The molecule has 0 spiro atoms. The molecule has 0 amide bonds. The van der Waals surface area contributed by atoms with Gasteiger partial charge >= 0.3 is 6.18 Å². The Morgan fingerprint density at radius 2 is 1.73 bits per heavy atom. The Hall–Kier alpha value is -2.48. The zero-order chi connectivity index (χ0) is 19.0. The zero-order valence-corrected chi connectivity index (χ0v) is 14.6. The van der Waals surface area contributed by atoms with E-state index in [0.717, 1.165) is 11.1 Å². The quantitative estimate of drug-likeness (QED) is 0.729. The lowest BCUT2D eigenvalue weighted by Crippen LogP contribution is -2.19. The maximum atomic E-state index is 12.3. The van der Waals surface area contributed by atoms with Gasteiger partial charge in [-0.05, 0) is 30.2 Å². The van der Waals surface area contributed by atoms with Crippen LogP contribution in [-0.4, -0.2) is 31.5 Å². The molecule has 1 aromatic heterocycles. The number of alkyl halides is 3. The summed E-state index contributed by atoms with van der Waals surface area (Å²) in [6, 6.07) is 8.54. The van der Waals surface area contributed by atoms with Crippen molar-refractivity contribution < 1.29 is 27.4 Å². The van der Waals surface area contributed by atoms with Gasteiger partial charge in [0.25, 0.3) is 0 Å². The van der Waals surface area contributed by atoms with Crippen LogP contribution < -0.4 is 19.5 Å². The van der Waals surface area contributed by atoms with Crippen LogP contribution in [0.3, 0.4) is 0 Å². The second-order valence-corrected chi connectivity index (χ2v) is 5.43. The van der Waals surface area contributed by atoms with Crippen molar-refractivity contribution in [1.29, 1.82) is 0 Å². The first-order valence-corrected chi connectivity index (χ1v) is 8.06. The highest BCUT2D eigenvalue weighted by molar-refractivity contribution is 5.43. The van der Waals surface area contributed by atoms with Crippen LogP contribution in [0, 0.1) is 0 Å². The lowest BCUT2D eigenvalue weighted by Gasteiger charge is -2.15. The Balaban J connectivity index is 1.94. The van der Waals surface area contributed by atoms with Gasteiger partial charge in [-0.1, -0.05) is 12.1 Å². The molecular weight excluding hydrogens is 349 g/mol. The number of nitrogens with one attached hydrogen (secondary N) is 1. The minimum atomic E-state index is -4.39. The van der Waals surface area contributed by atoms with E-state index in [1.54, 1.807) is 38.4 Å². The zero-order valence-electron chi connectivity index (χ0n) is 14.6. The lowest BCUT2D eigenvalue weighted by atomic mass is 10.2. The Labute approximate surface area is 150 Å². The van der Waals surface area contributed by atoms with Crippen molar-refractivity contribution >= 4 is 0 Å². The molecule has 1 heterocycles. The summed E-state index contributed by atoms with van der Waals surface area (Å²) < 4.78 is 52.2. The van der Waals surface area contributed by atoms with Crippen molar-refractivity contribution in [2.45, 2.75) is 26.2 Å². The molecule has 1 N–H and O–H groups in total. The van der Waals surface area contributed by atoms with E-state index >= 15 is 0 Å². The molecule has 0 fully saturated rings. The summed E-state index contributed by atoms with van der Waals surface area (Å²) >= 11 is 0. The van der Waals surface area contributed by atoms with Crippen LogP contribution in [0.4, 0.5) is 13.2 Å². The number of rotatable bonds is 9. The molecule has 0 atom stereocenters. The van der Waals surface area contributed by atoms with E-state index in [0.29, 0.717) is 31.3 Å². The molecule has 1 aromatic carbocycles. The smallest absolute Gasteiger partial charge is 0.422 e. The molecule has 0 saturated heterocycles. The summed E-state index contributed by atoms with van der Waals surface area (Å²) in [6.07, 6.45) is -2.68. The van der Waals surface area contributed by atoms with Gasteiger partial charge in [-0.2, -0.15) is 13.2 Å². The van der Waals surface area contributed by atoms with Gasteiger partial charge in [0.1, 0.15) is 0 Å². The average Bonchev–Trinajstić information content (AvgIpc) is 2.61. The number of hydrogen-bond donors (Lipinski definition) is 1. The summed E-state index contributed by atoms with van der Waals surface area (Å²) in [5, 5.41) is 3.24. The Bertz CT molecular complexity index is 691. The molecule has 142 valence electrons. The van der Waals surface area contributed by atoms with Gasteiger partial charge in [-0.3, -0.25) is 0 Å². The summed E-state index contributed by atoms with van der Waals surface area (Å²) in [6.45, 7) is 1.85. The number of pyridine rings is 1. The van der Waals surface area contributed by atoms with E-state index in [4.69, 9.17) is 14.2 Å². The van der Waals surface area contributed by atoms with Crippen LogP contribution in [0.25, 0.3) is 0 Å². The first-order valence-electron chi connectivity index (χ1n) is 8.06. The van der Waals surface area contributed by atoms with Gasteiger partial charge in [-0.25, -0.2) is 4.98 Å². The van der Waals surface area contributed by atoms with E-state index in [1.807, 2.05) is 6.07 Å². The highest BCUT2D eigenvalue weighted by atomic mass is 19.4. The molecule has 0 radical (unpaired) electrons. The number of ether oxygens (including phenoxy) is 3. The van der Waals surface area contributed by atoms with Gasteiger partial charge in [0.2, 0.25) is 5.88 Å². The van der Waals surface area contributed by atoms with Gasteiger partial charge in [0.15, 0.2) is 18.1 Å². The fourth-order valence-corrected chi connectivity index (χ4v) is 2.20. The predicted octanol–water partition coefficient (Wildman–Crippen LogP) is 3.72. The number of methoxy groups -OCH3 is 1. The molecule has 0 bridgehead atoms. The third-order valence-electron chi connectivity index (χ3n) is 3.36. The molecule has 0 aliphatic heterocycles. The fourth-order valence-electron chi connectivity index (χ4n) is 2.20. The van der Waals surface area contributed by atoms with E-state index in [-0.39, 0.29) is 5.75 Å². The Morgan fingerprint density at radius 3 is 2.35 bits per heavy atom. The monoisotopic (exact) mass is 370 g/mol. The standard InChI is InChI=1S/C18H21F3N2O3/c1-3-25-16-8-13(4-6-15(16)26-12-18(19,20)21)9-22-10-14-5-7-17(24-2)23-11-14/h4-8,11,22H,3,9-10,12H2,1-2H3. The third-order valence-corrected chi connectivity index (χ3v) is 3.36. The van der Waals surface area contributed by atoms with Crippen molar-refractivity contribution in [2.24, 2.45) is 0 Å². The van der Waals surface area contributed by atoms with Crippen molar-refractivity contribution in [3.63, 3.8) is 0 Å². The highest BCUT2D eigenvalue weighted by Gasteiger charge is 2.29. The van der Waals surface area contributed by atoms with Crippen LogP contribution in [0.5, 0.6) is 17.4 Å². The van der Waals surface area contributed by atoms with Gasteiger partial charge in [0, 0.05) is 25.4 Å². The second-order valence-electron chi connectivity index (χ2n) is 5.43. The first-order chi connectivity index (χ1) is 12.4. The van der Waals surface area contributed by atoms with E-state index in [2.05, 4.69) is 10.3 Å². The maximum absolute atomic E-state index is 12.3. The van der Waals surface area contributed by atoms with Crippen LogP contribution in [0.15, 0.2) is 36.5 Å². The largest absolute Gasteiger partial charge is 0.490 e. The number of halogens is 3. The maximum Gasteiger partial charge on any atom is 0.422 e. The summed E-state index contributed by atoms with van der Waals surface area (Å²) in [5.74, 6) is 0.916. The van der Waals surface area contributed by atoms with Crippen LogP contribution in [0.2, 0.25) is 0 Å². The molecule has 5 nitrogen and oxygen atoms in total. The van der Waals surface area contributed by atoms with Crippen molar-refractivity contribution in [2.75, 3.05) is 20.3 Å². The molecule has 26 heavy (non-hydrogen) atoms. The molecular formula is C18H21F3N2O3. The minimum Gasteiger partial charge on any atom is -0.490 e. The van der Waals surface area contributed by atoms with Gasteiger partial charge in [-0.15, -0.1) is 0 Å². The van der Waals surface area contributed by atoms with E-state index in [9.17, 15) is 13.2 Å². The molecule has 0 aliphatic rings. The lowest BCUT2D eigenvalue weighted by molar-refractivity contribution is -0.153. The predicted molar refractivity (Wildman–Crippen MR) is 90.5 cm³/mol. The number of nitrogens with zero attached hydrogens (tertiary/aromatic N) is 1. The van der Waals surface area contributed by atoms with Gasteiger partial charge in [0.05, 0.1) is 13.7 Å². The molecule has 2 rings (SSSR count). The summed E-state index contributed by atoms with van der Waals surface area (Å²) in [7, 11) is 1.55. The fraction of sp³-hybridized carbons (Fsp3) is 0.389. The van der Waals surface area contributed by atoms with E-state index in [1.165, 1.54) is 6.07 Å². The van der Waals surface area contributed by atoms with Crippen molar-refractivity contribution in [3.05, 3.63) is 47.7 Å². The van der Waals surface area contributed by atoms with E-state index < -0.39 is 12.8 Å². The topological polar surface area (TPSA) is 52.6 Å². The molecule has 0 saturated carbocycles. The van der Waals surface area contributed by atoms with Crippen LogP contribution in [0.1, 0.15) is 18.1 Å². The van der Waals surface area contributed by atoms with Crippen LogP contribution in [-0.2, 0) is 13.1 Å². The third kappa shape index (κ3) is 6.44. The molecule has 8 heteroatoms. The Morgan fingerprint density at radius 1 is 1.00 bits per heavy atom. The SMILES string of the molecule is CCOc1cc(CNCc2ccc(OC)nc2)ccc1OCC(F)(F)F. The first kappa shape index (κ1) is 19.8. The van der Waals surface area contributed by atoms with Crippen molar-refractivity contribution in [1.82, 2.24) is 10.3 Å². The number of aromatic nitrogens is 1. The van der Waals surface area contributed by atoms with Crippen LogP contribution >= 0.6 is 0 Å². The average molecular weight is 370 g/mol. The highest BCUT2D eigenvalue weighted by Crippen LogP contribution is 2.30. The summed E-state index contributed by atoms with van der Waals surface area (Å²) in [5.41, 5.74) is 1.86. The number of benzene rings is 1. The normalized spacial score (nSPS) is 11.3. The molecule has 2 aromatic rings. The molecule has 0 aliphatic carbocycles. The minimum absolute atomic E-state index is 0.0762. The Kier molecular flexibility index (Phi) is 7.08. The second kappa shape index (κ2) is 9.28.